The summed E-state index contributed by atoms with van der Waals surface area (Å²) in [6.07, 6.45) is 0. The van der Waals surface area contributed by atoms with E-state index in [-0.39, 0.29) is 19.1 Å². The topological polar surface area (TPSA) is 66.6 Å². The van der Waals surface area contributed by atoms with Gasteiger partial charge in [0.1, 0.15) is 0 Å². The number of para-hydroxylation sites is 2. The van der Waals surface area contributed by atoms with Gasteiger partial charge < -0.3 is 15.7 Å². The molecule has 4 heteroatoms. The van der Waals surface area contributed by atoms with Crippen LogP contribution < -0.4 is 10.6 Å². The number of carbonyl (C=O) groups is 1. The highest BCUT2D eigenvalue weighted by Gasteiger charge is 2.19. The number of nitrogens with two attached hydrogens (primary N) is 1. The van der Waals surface area contributed by atoms with E-state index in [2.05, 4.69) is 0 Å². The zero-order valence-electron chi connectivity index (χ0n) is 12.3. The SMILES string of the molecule is Cc1cc(C)cc(C(=O)N(CCO)c2ccccc2N)c1. The second-order valence-electron chi connectivity index (χ2n) is 5.12. The molecule has 0 aliphatic carbocycles. The van der Waals surface area contributed by atoms with E-state index in [4.69, 9.17) is 5.73 Å². The van der Waals surface area contributed by atoms with Crippen molar-refractivity contribution in [2.45, 2.75) is 13.8 Å². The van der Waals surface area contributed by atoms with Crippen molar-refractivity contribution >= 4 is 17.3 Å². The zero-order chi connectivity index (χ0) is 15.4. The Morgan fingerprint density at radius 2 is 1.76 bits per heavy atom. The summed E-state index contributed by atoms with van der Waals surface area (Å²) in [5.74, 6) is -0.159. The zero-order valence-corrected chi connectivity index (χ0v) is 12.3. The summed E-state index contributed by atoms with van der Waals surface area (Å²) in [6.45, 7) is 4.00. The minimum Gasteiger partial charge on any atom is -0.397 e. The highest BCUT2D eigenvalue weighted by molar-refractivity contribution is 6.07. The Bertz CT molecular complexity index is 633. The van der Waals surface area contributed by atoms with E-state index in [1.165, 1.54) is 4.90 Å². The summed E-state index contributed by atoms with van der Waals surface area (Å²) in [7, 11) is 0. The van der Waals surface area contributed by atoms with Gasteiger partial charge >= 0.3 is 0 Å². The average molecular weight is 284 g/mol. The van der Waals surface area contributed by atoms with Gasteiger partial charge in [0.25, 0.3) is 5.91 Å². The second kappa shape index (κ2) is 6.41. The molecule has 110 valence electrons. The number of anilines is 2. The van der Waals surface area contributed by atoms with E-state index in [1.807, 2.05) is 44.2 Å². The maximum atomic E-state index is 12.8. The molecule has 1 amide bonds. The lowest BCUT2D eigenvalue weighted by Crippen LogP contribution is -2.34. The number of aliphatic hydroxyl groups is 1. The van der Waals surface area contributed by atoms with Gasteiger partial charge in [-0.05, 0) is 38.1 Å². The Balaban J connectivity index is 2.42. The summed E-state index contributed by atoms with van der Waals surface area (Å²) in [6, 6.07) is 12.9. The Kier molecular flexibility index (Phi) is 4.60. The molecule has 3 N–H and O–H groups in total. The van der Waals surface area contributed by atoms with E-state index >= 15 is 0 Å². The summed E-state index contributed by atoms with van der Waals surface area (Å²) < 4.78 is 0. The summed E-state index contributed by atoms with van der Waals surface area (Å²) >= 11 is 0. The van der Waals surface area contributed by atoms with E-state index in [1.54, 1.807) is 12.1 Å². The Labute approximate surface area is 124 Å². The molecule has 0 saturated heterocycles. The van der Waals surface area contributed by atoms with Crippen molar-refractivity contribution in [2.24, 2.45) is 0 Å². The fourth-order valence-corrected chi connectivity index (χ4v) is 2.42. The van der Waals surface area contributed by atoms with E-state index < -0.39 is 0 Å². The molecule has 0 aliphatic rings. The van der Waals surface area contributed by atoms with Crippen molar-refractivity contribution in [3.05, 3.63) is 59.2 Å². The second-order valence-corrected chi connectivity index (χ2v) is 5.12. The van der Waals surface area contributed by atoms with Crippen molar-refractivity contribution in [1.82, 2.24) is 0 Å². The summed E-state index contributed by atoms with van der Waals surface area (Å²) in [4.78, 5) is 14.3. The molecule has 0 aliphatic heterocycles. The number of aliphatic hydroxyl groups excluding tert-OH is 1. The molecular weight excluding hydrogens is 264 g/mol. The van der Waals surface area contributed by atoms with Gasteiger partial charge in [-0.2, -0.15) is 0 Å². The highest BCUT2D eigenvalue weighted by Crippen LogP contribution is 2.24. The van der Waals surface area contributed by atoms with Crippen LogP contribution in [0.3, 0.4) is 0 Å². The molecule has 0 spiro atoms. The van der Waals surface area contributed by atoms with Gasteiger partial charge in [0.15, 0.2) is 0 Å². The molecule has 0 heterocycles. The summed E-state index contributed by atoms with van der Waals surface area (Å²) in [5.41, 5.74) is 9.75. The van der Waals surface area contributed by atoms with Crippen molar-refractivity contribution in [1.29, 1.82) is 0 Å². The van der Waals surface area contributed by atoms with Crippen LogP contribution in [0, 0.1) is 13.8 Å². The molecule has 0 aromatic heterocycles. The van der Waals surface area contributed by atoms with Crippen molar-refractivity contribution in [3.63, 3.8) is 0 Å². The fraction of sp³-hybridized carbons (Fsp3) is 0.235. The largest absolute Gasteiger partial charge is 0.397 e. The smallest absolute Gasteiger partial charge is 0.258 e. The first kappa shape index (κ1) is 15.1. The molecule has 0 unspecified atom stereocenters. The van der Waals surface area contributed by atoms with Crippen LogP contribution in [0.4, 0.5) is 11.4 Å². The maximum Gasteiger partial charge on any atom is 0.258 e. The third-order valence-electron chi connectivity index (χ3n) is 3.26. The normalized spacial score (nSPS) is 10.4. The number of hydrogen-bond donors (Lipinski definition) is 2. The third kappa shape index (κ3) is 3.41. The van der Waals surface area contributed by atoms with Crippen LogP contribution in [-0.2, 0) is 0 Å². The molecule has 2 rings (SSSR count). The van der Waals surface area contributed by atoms with Gasteiger partial charge in [-0.15, -0.1) is 0 Å². The molecule has 0 radical (unpaired) electrons. The molecule has 0 bridgehead atoms. The molecular formula is C17H20N2O2. The van der Waals surface area contributed by atoms with E-state index in [0.717, 1.165) is 11.1 Å². The minimum atomic E-state index is -0.159. The number of aryl methyl sites for hydroxylation is 2. The van der Waals surface area contributed by atoms with Crippen LogP contribution in [0.25, 0.3) is 0 Å². The first-order valence-electron chi connectivity index (χ1n) is 6.88. The molecule has 2 aromatic carbocycles. The lowest BCUT2D eigenvalue weighted by Gasteiger charge is -2.23. The Hall–Kier alpha value is -2.33. The summed E-state index contributed by atoms with van der Waals surface area (Å²) in [5, 5.41) is 9.26. The Morgan fingerprint density at radius 1 is 1.14 bits per heavy atom. The number of benzene rings is 2. The van der Waals surface area contributed by atoms with Crippen molar-refractivity contribution in [2.75, 3.05) is 23.8 Å². The predicted octanol–water partition coefficient (Wildman–Crippen LogP) is 2.52. The molecule has 0 atom stereocenters. The molecule has 4 nitrogen and oxygen atoms in total. The van der Waals surface area contributed by atoms with E-state index in [9.17, 15) is 9.90 Å². The minimum absolute atomic E-state index is 0.120. The fourth-order valence-electron chi connectivity index (χ4n) is 2.42. The van der Waals surface area contributed by atoms with Crippen LogP contribution in [0.1, 0.15) is 21.5 Å². The van der Waals surface area contributed by atoms with Crippen LogP contribution in [0.5, 0.6) is 0 Å². The number of rotatable bonds is 4. The Morgan fingerprint density at radius 3 is 2.33 bits per heavy atom. The van der Waals surface area contributed by atoms with Crippen LogP contribution in [0.2, 0.25) is 0 Å². The monoisotopic (exact) mass is 284 g/mol. The molecule has 2 aromatic rings. The standard InChI is InChI=1S/C17H20N2O2/c1-12-9-13(2)11-14(10-12)17(21)19(7-8-20)16-6-4-3-5-15(16)18/h3-6,9-11,20H,7-8,18H2,1-2H3. The number of nitrogens with zero attached hydrogens (tertiary/aromatic N) is 1. The molecule has 21 heavy (non-hydrogen) atoms. The molecule has 0 fully saturated rings. The number of amides is 1. The van der Waals surface area contributed by atoms with Gasteiger partial charge in [-0.1, -0.05) is 29.3 Å². The van der Waals surface area contributed by atoms with Crippen LogP contribution in [-0.4, -0.2) is 24.2 Å². The third-order valence-corrected chi connectivity index (χ3v) is 3.26. The lowest BCUT2D eigenvalue weighted by molar-refractivity contribution is 0.0981. The van der Waals surface area contributed by atoms with Crippen LogP contribution in [0.15, 0.2) is 42.5 Å². The number of nitrogen functional groups attached to an aromatic ring is 1. The van der Waals surface area contributed by atoms with Crippen molar-refractivity contribution in [3.8, 4) is 0 Å². The number of carbonyl (C=O) groups excluding carboxylic acids is 1. The van der Waals surface area contributed by atoms with Crippen LogP contribution >= 0.6 is 0 Å². The number of hydrogen-bond acceptors (Lipinski definition) is 3. The van der Waals surface area contributed by atoms with E-state index in [0.29, 0.717) is 16.9 Å². The predicted molar refractivity (Wildman–Crippen MR) is 85.5 cm³/mol. The first-order valence-corrected chi connectivity index (χ1v) is 6.88. The average Bonchev–Trinajstić information content (AvgIpc) is 2.44. The highest BCUT2D eigenvalue weighted by atomic mass is 16.3. The first-order chi connectivity index (χ1) is 10.0. The van der Waals surface area contributed by atoms with Gasteiger partial charge in [0, 0.05) is 12.1 Å². The van der Waals surface area contributed by atoms with Gasteiger partial charge in [-0.25, -0.2) is 0 Å². The van der Waals surface area contributed by atoms with Gasteiger partial charge in [0.2, 0.25) is 0 Å². The van der Waals surface area contributed by atoms with Crippen molar-refractivity contribution < 1.29 is 9.90 Å². The quantitative estimate of drug-likeness (QED) is 0.848. The van der Waals surface area contributed by atoms with Gasteiger partial charge in [-0.3, -0.25) is 4.79 Å². The molecule has 0 saturated carbocycles. The maximum absolute atomic E-state index is 12.8. The lowest BCUT2D eigenvalue weighted by atomic mass is 10.1. The van der Waals surface area contributed by atoms with Gasteiger partial charge in [0.05, 0.1) is 18.0 Å².